The van der Waals surface area contributed by atoms with Crippen LogP contribution < -0.4 is 5.32 Å². The lowest BCUT2D eigenvalue weighted by atomic mass is 9.71. The average Bonchev–Trinajstić information content (AvgIpc) is 2.43. The molecule has 104 valence electrons. The molecular formula is C18H20BrN. The Labute approximate surface area is 129 Å². The molecule has 0 bridgehead atoms. The molecule has 2 heteroatoms. The Hall–Kier alpha value is -1.12. The molecule has 1 aliphatic rings. The van der Waals surface area contributed by atoms with Crippen LogP contribution >= 0.6 is 15.9 Å². The third kappa shape index (κ3) is 2.97. The first kappa shape index (κ1) is 13.8. The summed E-state index contributed by atoms with van der Waals surface area (Å²) >= 11 is 3.59. The van der Waals surface area contributed by atoms with Gasteiger partial charge in [-0.05, 0) is 42.5 Å². The Morgan fingerprint density at radius 2 is 1.80 bits per heavy atom. The number of benzene rings is 2. The van der Waals surface area contributed by atoms with Crippen LogP contribution in [0.1, 0.15) is 24.0 Å². The monoisotopic (exact) mass is 329 g/mol. The molecule has 0 spiro atoms. The van der Waals surface area contributed by atoms with Crippen molar-refractivity contribution in [2.75, 3.05) is 13.1 Å². The highest BCUT2D eigenvalue weighted by Crippen LogP contribution is 2.35. The van der Waals surface area contributed by atoms with Gasteiger partial charge in [0.05, 0.1) is 0 Å². The van der Waals surface area contributed by atoms with E-state index in [1.165, 1.54) is 34.9 Å². The Bertz CT molecular complexity index is 561. The summed E-state index contributed by atoms with van der Waals surface area (Å²) in [5.41, 5.74) is 3.27. The molecule has 1 N–H and O–H groups in total. The standard InChI is InChI=1S/C18H20BrN/c19-17-10-4-9-16(12-17)18(13-20-14-18)11-5-8-15-6-2-1-3-7-15/h1-4,6-7,9-10,12,20H,5,8,11,13-14H2. The Balaban J connectivity index is 1.65. The maximum Gasteiger partial charge on any atom is 0.0203 e. The molecule has 0 amide bonds. The first-order chi connectivity index (χ1) is 9.78. The number of rotatable bonds is 5. The number of hydrogen-bond acceptors (Lipinski definition) is 1. The molecule has 2 aromatic rings. The SMILES string of the molecule is Brc1cccc(C2(CCCc3ccccc3)CNC2)c1. The molecule has 1 heterocycles. The van der Waals surface area contributed by atoms with Gasteiger partial charge in [0.25, 0.3) is 0 Å². The maximum atomic E-state index is 3.59. The van der Waals surface area contributed by atoms with Gasteiger partial charge in [0, 0.05) is 23.0 Å². The quantitative estimate of drug-likeness (QED) is 0.861. The summed E-state index contributed by atoms with van der Waals surface area (Å²) in [5, 5.41) is 3.45. The highest BCUT2D eigenvalue weighted by Gasteiger charge is 2.37. The van der Waals surface area contributed by atoms with Crippen LogP contribution in [0, 0.1) is 0 Å². The minimum absolute atomic E-state index is 0.346. The Kier molecular flexibility index (Phi) is 4.23. The van der Waals surface area contributed by atoms with Crippen LogP contribution in [0.2, 0.25) is 0 Å². The molecule has 1 fully saturated rings. The highest BCUT2D eigenvalue weighted by molar-refractivity contribution is 9.10. The summed E-state index contributed by atoms with van der Waals surface area (Å²) in [5.74, 6) is 0. The first-order valence-electron chi connectivity index (χ1n) is 7.29. The molecule has 0 radical (unpaired) electrons. The van der Waals surface area contributed by atoms with E-state index >= 15 is 0 Å². The van der Waals surface area contributed by atoms with Gasteiger partial charge in [-0.25, -0.2) is 0 Å². The molecule has 20 heavy (non-hydrogen) atoms. The van der Waals surface area contributed by atoms with Crippen molar-refractivity contribution in [2.24, 2.45) is 0 Å². The van der Waals surface area contributed by atoms with Gasteiger partial charge in [0.1, 0.15) is 0 Å². The molecule has 2 aromatic carbocycles. The smallest absolute Gasteiger partial charge is 0.0203 e. The average molecular weight is 330 g/mol. The van der Waals surface area contributed by atoms with Crippen LogP contribution in [0.5, 0.6) is 0 Å². The van der Waals surface area contributed by atoms with E-state index in [1.807, 2.05) is 0 Å². The zero-order valence-electron chi connectivity index (χ0n) is 11.6. The van der Waals surface area contributed by atoms with E-state index in [4.69, 9.17) is 0 Å². The molecule has 3 rings (SSSR count). The minimum atomic E-state index is 0.346. The summed E-state index contributed by atoms with van der Waals surface area (Å²) in [6, 6.07) is 19.6. The van der Waals surface area contributed by atoms with Crippen LogP contribution in [0.3, 0.4) is 0 Å². The Morgan fingerprint density at radius 3 is 2.45 bits per heavy atom. The third-order valence-corrected chi connectivity index (χ3v) is 4.82. The molecule has 0 aromatic heterocycles. The molecule has 0 unspecified atom stereocenters. The van der Waals surface area contributed by atoms with E-state index in [9.17, 15) is 0 Å². The first-order valence-corrected chi connectivity index (χ1v) is 8.09. The van der Waals surface area contributed by atoms with Crippen LogP contribution in [-0.4, -0.2) is 13.1 Å². The van der Waals surface area contributed by atoms with Crippen molar-refractivity contribution in [3.8, 4) is 0 Å². The second kappa shape index (κ2) is 6.11. The maximum absolute atomic E-state index is 3.59. The number of halogens is 1. The van der Waals surface area contributed by atoms with E-state index in [-0.39, 0.29) is 0 Å². The van der Waals surface area contributed by atoms with Gasteiger partial charge >= 0.3 is 0 Å². The molecule has 1 aliphatic heterocycles. The molecule has 0 atom stereocenters. The van der Waals surface area contributed by atoms with Gasteiger partial charge in [-0.15, -0.1) is 0 Å². The summed E-state index contributed by atoms with van der Waals surface area (Å²) in [6.45, 7) is 2.22. The highest BCUT2D eigenvalue weighted by atomic mass is 79.9. The predicted octanol–water partition coefficient (Wildman–Crippen LogP) is 4.31. The molecule has 1 saturated heterocycles. The van der Waals surface area contributed by atoms with Gasteiger partial charge in [-0.2, -0.15) is 0 Å². The van der Waals surface area contributed by atoms with Crippen molar-refractivity contribution in [1.82, 2.24) is 5.32 Å². The van der Waals surface area contributed by atoms with Gasteiger partial charge in [0.15, 0.2) is 0 Å². The van der Waals surface area contributed by atoms with Crippen LogP contribution in [0.4, 0.5) is 0 Å². The molecule has 0 saturated carbocycles. The van der Waals surface area contributed by atoms with Gasteiger partial charge in [-0.1, -0.05) is 58.4 Å². The van der Waals surface area contributed by atoms with Crippen molar-refractivity contribution in [3.63, 3.8) is 0 Å². The second-order valence-corrected chi connectivity index (χ2v) is 6.65. The zero-order valence-corrected chi connectivity index (χ0v) is 13.2. The lowest BCUT2D eigenvalue weighted by molar-refractivity contribution is 0.252. The summed E-state index contributed by atoms with van der Waals surface area (Å²) < 4.78 is 1.18. The van der Waals surface area contributed by atoms with Gasteiger partial charge in [0.2, 0.25) is 0 Å². The number of hydrogen-bond donors (Lipinski definition) is 1. The predicted molar refractivity (Wildman–Crippen MR) is 88.1 cm³/mol. The van der Waals surface area contributed by atoms with Gasteiger partial charge < -0.3 is 5.32 Å². The number of nitrogens with one attached hydrogen (secondary N) is 1. The van der Waals surface area contributed by atoms with Crippen molar-refractivity contribution in [3.05, 3.63) is 70.2 Å². The van der Waals surface area contributed by atoms with Crippen molar-refractivity contribution in [2.45, 2.75) is 24.7 Å². The fourth-order valence-corrected chi connectivity index (χ4v) is 3.45. The lowest BCUT2D eigenvalue weighted by Crippen LogP contribution is -2.56. The van der Waals surface area contributed by atoms with Gasteiger partial charge in [-0.3, -0.25) is 0 Å². The van der Waals surface area contributed by atoms with E-state index in [1.54, 1.807) is 0 Å². The molecule has 1 nitrogen and oxygen atoms in total. The largest absolute Gasteiger partial charge is 0.315 e. The fourth-order valence-electron chi connectivity index (χ4n) is 3.05. The minimum Gasteiger partial charge on any atom is -0.315 e. The second-order valence-electron chi connectivity index (χ2n) is 5.73. The summed E-state index contributed by atoms with van der Waals surface area (Å²) in [7, 11) is 0. The van der Waals surface area contributed by atoms with Crippen LogP contribution in [-0.2, 0) is 11.8 Å². The van der Waals surface area contributed by atoms with E-state index in [0.29, 0.717) is 5.41 Å². The van der Waals surface area contributed by atoms with E-state index in [2.05, 4.69) is 75.8 Å². The van der Waals surface area contributed by atoms with Crippen LogP contribution in [0.15, 0.2) is 59.1 Å². The lowest BCUT2D eigenvalue weighted by Gasteiger charge is -2.43. The normalized spacial score (nSPS) is 16.6. The third-order valence-electron chi connectivity index (χ3n) is 4.33. The molecule has 0 aliphatic carbocycles. The van der Waals surface area contributed by atoms with E-state index in [0.717, 1.165) is 13.1 Å². The Morgan fingerprint density at radius 1 is 1.00 bits per heavy atom. The summed E-state index contributed by atoms with van der Waals surface area (Å²) in [4.78, 5) is 0. The van der Waals surface area contributed by atoms with Crippen molar-refractivity contribution >= 4 is 15.9 Å². The van der Waals surface area contributed by atoms with Crippen molar-refractivity contribution < 1.29 is 0 Å². The number of aryl methyl sites for hydroxylation is 1. The van der Waals surface area contributed by atoms with E-state index < -0.39 is 0 Å². The van der Waals surface area contributed by atoms with Crippen molar-refractivity contribution in [1.29, 1.82) is 0 Å². The van der Waals surface area contributed by atoms with Crippen LogP contribution in [0.25, 0.3) is 0 Å². The topological polar surface area (TPSA) is 12.0 Å². The fraction of sp³-hybridized carbons (Fsp3) is 0.333. The summed E-state index contributed by atoms with van der Waals surface area (Å²) in [6.07, 6.45) is 3.68. The zero-order chi connectivity index (χ0) is 13.8. The molecular weight excluding hydrogens is 310 g/mol.